The van der Waals surface area contributed by atoms with Gasteiger partial charge in [-0.3, -0.25) is 0 Å². The quantitative estimate of drug-likeness (QED) is 0.0965. The number of hydrogen-bond donors (Lipinski definition) is 0. The van der Waals surface area contributed by atoms with Gasteiger partial charge in [-0.1, -0.05) is 129 Å². The van der Waals surface area contributed by atoms with E-state index in [2.05, 4.69) is 70.0 Å². The number of unbranched alkanes of at least 4 members (excludes halogenated alkanes) is 18. The van der Waals surface area contributed by atoms with Crippen LogP contribution >= 0.6 is 54.5 Å². The van der Waals surface area contributed by atoms with E-state index in [0.717, 1.165) is 0 Å². The fourth-order valence-electron chi connectivity index (χ4n) is 5.25. The van der Waals surface area contributed by atoms with Crippen LogP contribution in [0.15, 0.2) is 19.7 Å². The van der Waals surface area contributed by atoms with Crippen LogP contribution in [0.25, 0.3) is 12.2 Å². The third kappa shape index (κ3) is 15.8. The Bertz CT molecular complexity index is 794. The van der Waals surface area contributed by atoms with Gasteiger partial charge in [0.1, 0.15) is 0 Å². The molecular formula is C34H54Br2S2. The van der Waals surface area contributed by atoms with Gasteiger partial charge in [-0.15, -0.1) is 22.7 Å². The molecule has 0 saturated carbocycles. The van der Waals surface area contributed by atoms with Gasteiger partial charge in [0.15, 0.2) is 0 Å². The predicted molar refractivity (Wildman–Crippen MR) is 184 cm³/mol. The number of thiophene rings is 2. The molecule has 2 heterocycles. The van der Waals surface area contributed by atoms with E-state index in [1.807, 2.05) is 22.7 Å². The molecule has 0 nitrogen and oxygen atoms in total. The lowest BCUT2D eigenvalue weighted by molar-refractivity contribution is 0.556. The second-order valence-corrected chi connectivity index (χ2v) is 16.0. The van der Waals surface area contributed by atoms with Crippen molar-refractivity contribution >= 4 is 66.7 Å². The maximum atomic E-state index is 3.75. The van der Waals surface area contributed by atoms with Crippen molar-refractivity contribution in [3.05, 3.63) is 40.6 Å². The summed E-state index contributed by atoms with van der Waals surface area (Å²) in [7, 11) is 0. The fraction of sp³-hybridized carbons (Fsp3) is 0.706. The van der Waals surface area contributed by atoms with Gasteiger partial charge in [0.2, 0.25) is 0 Å². The van der Waals surface area contributed by atoms with Gasteiger partial charge < -0.3 is 0 Å². The molecule has 0 N–H and O–H groups in total. The van der Waals surface area contributed by atoms with Crippen LogP contribution in [0.1, 0.15) is 163 Å². The monoisotopic (exact) mass is 684 g/mol. The summed E-state index contributed by atoms with van der Waals surface area (Å²) in [5, 5.41) is 0. The molecule has 0 aliphatic rings. The van der Waals surface area contributed by atoms with Gasteiger partial charge in [-0.25, -0.2) is 0 Å². The highest BCUT2D eigenvalue weighted by atomic mass is 79.9. The number of hydrogen-bond acceptors (Lipinski definition) is 2. The van der Waals surface area contributed by atoms with E-state index >= 15 is 0 Å². The highest BCUT2D eigenvalue weighted by Gasteiger charge is 2.08. The van der Waals surface area contributed by atoms with Crippen molar-refractivity contribution in [1.82, 2.24) is 0 Å². The average Bonchev–Trinajstić information content (AvgIpc) is 3.45. The molecule has 0 atom stereocenters. The summed E-state index contributed by atoms with van der Waals surface area (Å²) < 4.78 is 2.52. The summed E-state index contributed by atoms with van der Waals surface area (Å²) in [4.78, 5) is 2.87. The summed E-state index contributed by atoms with van der Waals surface area (Å²) in [6, 6.07) is 4.71. The maximum absolute atomic E-state index is 3.75. The zero-order chi connectivity index (χ0) is 27.3. The average molecular weight is 687 g/mol. The second kappa shape index (κ2) is 22.8. The normalized spacial score (nSPS) is 11.8. The highest BCUT2D eigenvalue weighted by Crippen LogP contribution is 2.33. The molecule has 2 aromatic rings. The minimum Gasteiger partial charge on any atom is -0.129 e. The van der Waals surface area contributed by atoms with E-state index < -0.39 is 0 Å². The van der Waals surface area contributed by atoms with E-state index in [4.69, 9.17) is 0 Å². The Morgan fingerprint density at radius 3 is 1.08 bits per heavy atom. The van der Waals surface area contributed by atoms with Crippen molar-refractivity contribution in [2.45, 2.75) is 155 Å². The van der Waals surface area contributed by atoms with Crippen LogP contribution in [0.4, 0.5) is 0 Å². The van der Waals surface area contributed by atoms with Crippen molar-refractivity contribution in [3.63, 3.8) is 0 Å². The molecule has 4 heteroatoms. The molecule has 0 radical (unpaired) electrons. The van der Waals surface area contributed by atoms with Crippen molar-refractivity contribution in [3.8, 4) is 0 Å². The molecule has 0 aliphatic carbocycles. The topological polar surface area (TPSA) is 0 Å². The lowest BCUT2D eigenvalue weighted by Gasteiger charge is -2.04. The third-order valence-electron chi connectivity index (χ3n) is 7.61. The zero-order valence-electron chi connectivity index (χ0n) is 24.4. The van der Waals surface area contributed by atoms with Crippen LogP contribution in [-0.4, -0.2) is 0 Å². The van der Waals surface area contributed by atoms with Crippen LogP contribution in [-0.2, 0) is 12.8 Å². The van der Waals surface area contributed by atoms with E-state index in [9.17, 15) is 0 Å². The van der Waals surface area contributed by atoms with Crippen molar-refractivity contribution in [1.29, 1.82) is 0 Å². The fourth-order valence-corrected chi connectivity index (χ4v) is 8.52. The number of rotatable bonds is 24. The Kier molecular flexibility index (Phi) is 20.5. The number of halogens is 2. The molecule has 2 rings (SSSR count). The van der Waals surface area contributed by atoms with Gasteiger partial charge >= 0.3 is 0 Å². The molecular weight excluding hydrogens is 632 g/mol. The summed E-state index contributed by atoms with van der Waals surface area (Å²) in [5.74, 6) is 0. The molecule has 0 aliphatic heterocycles. The van der Waals surface area contributed by atoms with Crippen LogP contribution in [0.3, 0.4) is 0 Å². The molecule has 2 aromatic heterocycles. The van der Waals surface area contributed by atoms with E-state index in [1.165, 1.54) is 170 Å². The zero-order valence-corrected chi connectivity index (χ0v) is 29.2. The summed E-state index contributed by atoms with van der Waals surface area (Å²) in [6.07, 6.45) is 35.2. The first-order valence-corrected chi connectivity index (χ1v) is 19.1. The first kappa shape index (κ1) is 34.3. The smallest absolute Gasteiger partial charge is 0.0707 e. The van der Waals surface area contributed by atoms with Crippen molar-refractivity contribution < 1.29 is 0 Å². The summed E-state index contributed by atoms with van der Waals surface area (Å²) in [6.45, 7) is 4.59. The predicted octanol–water partition coefficient (Wildman–Crippen LogP) is 14.4. The Labute approximate surface area is 260 Å². The van der Waals surface area contributed by atoms with Gasteiger partial charge in [0.05, 0.1) is 7.57 Å². The highest BCUT2D eigenvalue weighted by molar-refractivity contribution is 9.11. The van der Waals surface area contributed by atoms with E-state index in [1.54, 1.807) is 0 Å². The Morgan fingerprint density at radius 1 is 0.474 bits per heavy atom. The Balaban J connectivity index is 1.69. The maximum Gasteiger partial charge on any atom is 0.0707 e. The minimum atomic E-state index is 1.21. The van der Waals surface area contributed by atoms with Crippen molar-refractivity contribution in [2.24, 2.45) is 0 Å². The first-order chi connectivity index (χ1) is 18.6. The molecule has 0 aromatic carbocycles. The van der Waals surface area contributed by atoms with Crippen LogP contribution in [0, 0.1) is 0 Å². The molecule has 0 bridgehead atoms. The Hall–Kier alpha value is 0.1000. The van der Waals surface area contributed by atoms with Crippen molar-refractivity contribution in [2.75, 3.05) is 0 Å². The molecule has 0 saturated heterocycles. The van der Waals surface area contributed by atoms with Crippen LogP contribution < -0.4 is 0 Å². The lowest BCUT2D eigenvalue weighted by Crippen LogP contribution is -1.88. The first-order valence-electron chi connectivity index (χ1n) is 15.9. The largest absolute Gasteiger partial charge is 0.129 e. The van der Waals surface area contributed by atoms with Crippen LogP contribution in [0.2, 0.25) is 0 Å². The molecule has 0 fully saturated rings. The van der Waals surface area contributed by atoms with Gasteiger partial charge in [0, 0.05) is 9.75 Å². The third-order valence-corrected chi connectivity index (χ3v) is 10.9. The van der Waals surface area contributed by atoms with E-state index in [0.29, 0.717) is 0 Å². The Morgan fingerprint density at radius 2 is 0.763 bits per heavy atom. The minimum absolute atomic E-state index is 1.21. The van der Waals surface area contributed by atoms with E-state index in [-0.39, 0.29) is 0 Å². The molecule has 38 heavy (non-hydrogen) atoms. The van der Waals surface area contributed by atoms with Gasteiger partial charge in [0.25, 0.3) is 0 Å². The second-order valence-electron chi connectivity index (χ2n) is 11.1. The van der Waals surface area contributed by atoms with Gasteiger partial charge in [-0.05, 0) is 93.0 Å². The summed E-state index contributed by atoms with van der Waals surface area (Å²) in [5.41, 5.74) is 3.04. The number of aryl methyl sites for hydroxylation is 2. The summed E-state index contributed by atoms with van der Waals surface area (Å²) >= 11 is 11.3. The molecule has 0 unspecified atom stereocenters. The molecule has 216 valence electrons. The van der Waals surface area contributed by atoms with Crippen LogP contribution in [0.5, 0.6) is 0 Å². The molecule has 0 amide bonds. The SMILES string of the molecule is CCCCCCCCCCCCc1cc(Br)sc1C=Cc1sc(Br)cc1CCCCCCCCCCCC. The standard InChI is InChI=1S/C34H54Br2S2/c1-3-5-7-9-11-13-15-17-19-21-23-29-27-33(35)37-31(29)25-26-32-30(28-34(36)38-32)24-22-20-18-16-14-12-10-8-6-4-2/h25-28H,3-24H2,1-2H3. The lowest BCUT2D eigenvalue weighted by atomic mass is 10.0. The van der Waals surface area contributed by atoms with Gasteiger partial charge in [-0.2, -0.15) is 0 Å². The molecule has 0 spiro atoms.